The Morgan fingerprint density at radius 3 is 2.08 bits per heavy atom. The molecule has 11 atom stereocenters. The molecule has 0 radical (unpaired) electrons. The van der Waals surface area contributed by atoms with E-state index in [2.05, 4.69) is 20.8 Å². The number of hydrogen-bond donors (Lipinski definition) is 0. The molecule has 36 heavy (non-hydrogen) atoms. The third-order valence-corrected chi connectivity index (χ3v) is 11.6. The van der Waals surface area contributed by atoms with Gasteiger partial charge in [-0.2, -0.15) is 0 Å². The van der Waals surface area contributed by atoms with Crippen molar-refractivity contribution in [1.29, 1.82) is 0 Å². The van der Waals surface area contributed by atoms with Gasteiger partial charge in [0.2, 0.25) is 0 Å². The van der Waals surface area contributed by atoms with E-state index in [0.29, 0.717) is 13.0 Å². The van der Waals surface area contributed by atoms with E-state index in [1.807, 2.05) is 6.92 Å². The summed E-state index contributed by atoms with van der Waals surface area (Å²) >= 11 is 0. The Morgan fingerprint density at radius 1 is 0.889 bits per heavy atom. The maximum atomic E-state index is 14.2. The first-order valence-electron chi connectivity index (χ1n) is 13.0. The zero-order valence-corrected chi connectivity index (χ0v) is 22.0. The lowest BCUT2D eigenvalue weighted by Gasteiger charge is -2.80. The number of ketones is 1. The van der Waals surface area contributed by atoms with Gasteiger partial charge in [-0.1, -0.05) is 27.7 Å². The number of carbonyl (C=O) groups excluding carboxylic acids is 4. The summed E-state index contributed by atoms with van der Waals surface area (Å²) in [7, 11) is 0. The smallest absolute Gasteiger partial charge is 0.303 e. The van der Waals surface area contributed by atoms with Crippen LogP contribution in [-0.2, 0) is 42.9 Å². The van der Waals surface area contributed by atoms with Crippen LogP contribution in [0.4, 0.5) is 0 Å². The van der Waals surface area contributed by atoms with Crippen LogP contribution in [0, 0.1) is 44.8 Å². The number of rotatable bonds is 3. The van der Waals surface area contributed by atoms with Crippen LogP contribution in [0.2, 0.25) is 0 Å². The molecule has 0 aromatic heterocycles. The largest absolute Gasteiger partial charge is 0.462 e. The second kappa shape index (κ2) is 6.90. The third-order valence-electron chi connectivity index (χ3n) is 11.6. The molecule has 5 saturated carbocycles. The molecule has 6 rings (SSSR count). The van der Waals surface area contributed by atoms with Crippen molar-refractivity contribution >= 4 is 23.7 Å². The highest BCUT2D eigenvalue weighted by Crippen LogP contribution is 2.98. The number of hydrogen-bond acceptors (Lipinski definition) is 9. The van der Waals surface area contributed by atoms with E-state index in [4.69, 9.17) is 23.7 Å². The molecule has 9 heteroatoms. The lowest BCUT2D eigenvalue weighted by molar-refractivity contribution is -0.387. The van der Waals surface area contributed by atoms with Gasteiger partial charge in [0, 0.05) is 66.6 Å². The molecule has 0 N–H and O–H groups in total. The van der Waals surface area contributed by atoms with Gasteiger partial charge < -0.3 is 23.7 Å². The molecule has 2 bridgehead atoms. The van der Waals surface area contributed by atoms with Crippen LogP contribution >= 0.6 is 0 Å². The monoisotopic (exact) mass is 504 g/mol. The van der Waals surface area contributed by atoms with Crippen LogP contribution in [0.5, 0.6) is 0 Å². The van der Waals surface area contributed by atoms with E-state index in [9.17, 15) is 19.2 Å². The van der Waals surface area contributed by atoms with Crippen LogP contribution in [-0.4, -0.2) is 61.5 Å². The van der Waals surface area contributed by atoms with Gasteiger partial charge in [0.1, 0.15) is 30.9 Å². The summed E-state index contributed by atoms with van der Waals surface area (Å²) in [5, 5.41) is 0. The molecule has 2 spiro atoms. The van der Waals surface area contributed by atoms with Crippen molar-refractivity contribution in [3.05, 3.63) is 0 Å². The van der Waals surface area contributed by atoms with Gasteiger partial charge in [0.05, 0.1) is 12.7 Å². The normalized spacial score (nSPS) is 53.0. The first-order chi connectivity index (χ1) is 16.7. The first-order valence-corrected chi connectivity index (χ1v) is 13.0. The zero-order chi connectivity index (χ0) is 26.2. The summed E-state index contributed by atoms with van der Waals surface area (Å²) in [5.74, 6) is -1.94. The van der Waals surface area contributed by atoms with Gasteiger partial charge in [-0.3, -0.25) is 19.2 Å². The minimum atomic E-state index is -0.932. The van der Waals surface area contributed by atoms with E-state index < -0.39 is 63.3 Å². The topological polar surface area (TPSA) is 114 Å². The Labute approximate surface area is 210 Å². The average molecular weight is 505 g/mol. The Hall–Kier alpha value is -2.00. The molecule has 1 aliphatic heterocycles. The lowest BCUT2D eigenvalue weighted by Crippen LogP contribution is -2.85. The molecule has 6 fully saturated rings. The molecular weight excluding hydrogens is 468 g/mol. The highest BCUT2D eigenvalue weighted by atomic mass is 16.7. The van der Waals surface area contributed by atoms with E-state index in [-0.39, 0.29) is 42.9 Å². The molecule has 0 unspecified atom stereocenters. The van der Waals surface area contributed by atoms with Crippen molar-refractivity contribution in [2.75, 3.05) is 13.4 Å². The van der Waals surface area contributed by atoms with Crippen molar-refractivity contribution < 1.29 is 42.9 Å². The highest BCUT2D eigenvalue weighted by molar-refractivity contribution is 5.92. The van der Waals surface area contributed by atoms with Gasteiger partial charge in [-0.05, 0) is 11.8 Å². The van der Waals surface area contributed by atoms with Crippen LogP contribution in [0.15, 0.2) is 0 Å². The Kier molecular flexibility index (Phi) is 4.66. The molecule has 198 valence electrons. The van der Waals surface area contributed by atoms with E-state index >= 15 is 0 Å². The Bertz CT molecular complexity index is 1080. The summed E-state index contributed by atoms with van der Waals surface area (Å²) < 4.78 is 30.4. The Morgan fingerprint density at radius 2 is 1.47 bits per heavy atom. The van der Waals surface area contributed by atoms with Gasteiger partial charge in [0.25, 0.3) is 0 Å². The molecule has 0 amide bonds. The number of esters is 3. The maximum Gasteiger partial charge on any atom is 0.303 e. The van der Waals surface area contributed by atoms with Crippen LogP contribution in [0.25, 0.3) is 0 Å². The van der Waals surface area contributed by atoms with Crippen molar-refractivity contribution in [2.45, 2.75) is 85.7 Å². The fraction of sp³-hybridized carbons (Fsp3) is 0.852. The zero-order valence-electron chi connectivity index (χ0n) is 22.0. The van der Waals surface area contributed by atoms with Crippen LogP contribution < -0.4 is 0 Å². The first kappa shape index (κ1) is 24.3. The average Bonchev–Trinajstić information content (AvgIpc) is 2.92. The fourth-order valence-electron chi connectivity index (χ4n) is 11.5. The summed E-state index contributed by atoms with van der Waals surface area (Å²) in [6.45, 7) is 13.0. The van der Waals surface area contributed by atoms with Crippen molar-refractivity contribution in [3.63, 3.8) is 0 Å². The van der Waals surface area contributed by atoms with Crippen molar-refractivity contribution in [3.8, 4) is 0 Å². The quantitative estimate of drug-likeness (QED) is 0.422. The predicted octanol–water partition coefficient (Wildman–Crippen LogP) is 2.43. The summed E-state index contributed by atoms with van der Waals surface area (Å²) in [4.78, 5) is 52.0. The van der Waals surface area contributed by atoms with Gasteiger partial charge in [-0.15, -0.1) is 0 Å². The van der Waals surface area contributed by atoms with E-state index in [1.54, 1.807) is 0 Å². The minimum Gasteiger partial charge on any atom is -0.462 e. The number of fused-ring (bicyclic) bond motifs is 4. The van der Waals surface area contributed by atoms with Crippen LogP contribution in [0.3, 0.4) is 0 Å². The van der Waals surface area contributed by atoms with Crippen LogP contribution in [0.1, 0.15) is 61.3 Å². The molecular formula is C27H36O9. The number of carbonyl (C=O) groups is 4. The van der Waals surface area contributed by atoms with Gasteiger partial charge >= 0.3 is 17.9 Å². The molecule has 5 aliphatic carbocycles. The van der Waals surface area contributed by atoms with E-state index in [1.165, 1.54) is 20.8 Å². The summed E-state index contributed by atoms with van der Waals surface area (Å²) in [5.41, 5.74) is -3.96. The number of Topliss-reactive ketones (excluding diaryl/α,β-unsaturated/α-hetero) is 1. The van der Waals surface area contributed by atoms with Gasteiger partial charge in [-0.25, -0.2) is 0 Å². The standard InChI is InChI=1S/C27H36O9/c1-12(28)34-20-16-8-17(31)25(7)19-18-15(10-32-11-33-18)9-24(6)21(35-13(2)29)22(36-14(3)30)27(25,23(16,4)5)26(19,20)24/h15-16,18-22H,8-11H2,1-7H3/t15-,16+,18+,19-,20-,21+,22+,24+,25-,26-,27+/m1/s1. The maximum absolute atomic E-state index is 14.2. The molecule has 0 aromatic carbocycles. The molecule has 6 aliphatic rings. The Balaban J connectivity index is 1.72. The van der Waals surface area contributed by atoms with Crippen molar-refractivity contribution in [1.82, 2.24) is 0 Å². The second-order valence-corrected chi connectivity index (χ2v) is 12.9. The van der Waals surface area contributed by atoms with Crippen molar-refractivity contribution in [2.24, 2.45) is 44.8 Å². The summed E-state index contributed by atoms with van der Waals surface area (Å²) in [6.07, 6.45) is -1.73. The summed E-state index contributed by atoms with van der Waals surface area (Å²) in [6, 6.07) is 0. The lowest BCUT2D eigenvalue weighted by atomic mass is 9.22. The molecule has 0 aromatic rings. The second-order valence-electron chi connectivity index (χ2n) is 12.9. The van der Waals surface area contributed by atoms with E-state index in [0.717, 1.165) is 0 Å². The molecule has 1 heterocycles. The SMILES string of the molecule is CC(=O)O[C@@H]1[C@@H]2CC(=O)[C@]3(C)[C@H]4[C@H]5OCOC[C@H]5C[C@@]5(C)[C@@H](OC(C)=O)[C@H](OC(C)=O)[C@@]3(C2(C)C)[C@@]145. The predicted molar refractivity (Wildman–Crippen MR) is 122 cm³/mol. The molecule has 9 nitrogen and oxygen atoms in total. The minimum absolute atomic E-state index is 0.0446. The van der Waals surface area contributed by atoms with Gasteiger partial charge in [0.15, 0.2) is 0 Å². The number of ether oxygens (including phenoxy) is 5. The molecule has 1 saturated heterocycles. The third kappa shape index (κ3) is 2.14. The highest BCUT2D eigenvalue weighted by Gasteiger charge is 3.04. The fourth-order valence-corrected chi connectivity index (χ4v) is 11.5.